The molecule has 0 bridgehead atoms. The van der Waals surface area contributed by atoms with Crippen LogP contribution in [-0.4, -0.2) is 92.1 Å². The summed E-state index contributed by atoms with van der Waals surface area (Å²) in [5, 5.41) is 64.5. The molecule has 6 N–H and O–H groups in total. The number of aromatic hydroxyl groups is 1. The van der Waals surface area contributed by atoms with Crippen LogP contribution in [0.15, 0.2) is 48.8 Å². The number of fused-ring (bicyclic) bond motifs is 2. The number of rotatable bonds is 4. The third-order valence-corrected chi connectivity index (χ3v) is 8.78. The molecule has 2 aliphatic heterocycles. The van der Waals surface area contributed by atoms with Gasteiger partial charge in [-0.3, -0.25) is 0 Å². The lowest BCUT2D eigenvalue weighted by Crippen LogP contribution is -2.63. The highest BCUT2D eigenvalue weighted by atomic mass is 16.8. The van der Waals surface area contributed by atoms with Gasteiger partial charge in [-0.25, -0.2) is 9.59 Å². The highest BCUT2D eigenvalue weighted by Gasteiger charge is 2.50. The predicted octanol–water partition coefficient (Wildman–Crippen LogP) is 0.716. The Hall–Kier alpha value is -3.86. The second-order valence-corrected chi connectivity index (χ2v) is 11.6. The van der Waals surface area contributed by atoms with Crippen LogP contribution in [0.1, 0.15) is 19.4 Å². The summed E-state index contributed by atoms with van der Waals surface area (Å²) < 4.78 is 34.7. The lowest BCUT2D eigenvalue weighted by Gasteiger charge is -2.45. The molecule has 14 heteroatoms. The highest BCUT2D eigenvalue weighted by Crippen LogP contribution is 2.45. The SMILES string of the molecule is Cc1ccc2oc(=O)c3c(O)c4cccc(O[C@@H]5O[C@H](C)[C@@H](O)[C@@H](O)[C@@H]5O[C@@H]5O[C@H](C)[C@@H](O)[C@@H](O)[C@@H]5O)c4c4oc(=O)c1c2c34. The van der Waals surface area contributed by atoms with Gasteiger partial charge in [0.25, 0.3) is 0 Å². The van der Waals surface area contributed by atoms with Gasteiger partial charge >= 0.3 is 11.3 Å². The van der Waals surface area contributed by atoms with Crippen molar-refractivity contribution >= 4 is 43.5 Å². The van der Waals surface area contributed by atoms with Gasteiger partial charge in [-0.15, -0.1) is 0 Å². The van der Waals surface area contributed by atoms with Crippen LogP contribution < -0.4 is 16.0 Å². The highest BCUT2D eigenvalue weighted by molar-refractivity contribution is 6.28. The predicted molar refractivity (Wildman–Crippen MR) is 155 cm³/mol. The van der Waals surface area contributed by atoms with Gasteiger partial charge in [-0.1, -0.05) is 18.2 Å². The van der Waals surface area contributed by atoms with E-state index in [0.717, 1.165) is 0 Å². The van der Waals surface area contributed by atoms with Gasteiger partial charge in [-0.2, -0.15) is 0 Å². The maximum absolute atomic E-state index is 13.3. The Morgan fingerprint density at radius 1 is 0.689 bits per heavy atom. The van der Waals surface area contributed by atoms with Gasteiger partial charge in [0.2, 0.25) is 6.29 Å². The zero-order valence-corrected chi connectivity index (χ0v) is 24.1. The first-order valence-electron chi connectivity index (χ1n) is 14.3. The molecule has 0 aliphatic carbocycles. The number of ether oxygens (including phenoxy) is 4. The monoisotopic (exact) mass is 626 g/mol. The second-order valence-electron chi connectivity index (χ2n) is 11.6. The van der Waals surface area contributed by atoms with Gasteiger partial charge in [0.1, 0.15) is 53.0 Å². The minimum absolute atomic E-state index is 0.0201. The quantitative estimate of drug-likeness (QED) is 0.0920. The number of phenols is 1. The molecule has 45 heavy (non-hydrogen) atoms. The van der Waals surface area contributed by atoms with E-state index in [4.69, 9.17) is 27.8 Å². The lowest BCUT2D eigenvalue weighted by molar-refractivity contribution is -0.352. The lowest BCUT2D eigenvalue weighted by atomic mass is 9.95. The zero-order chi connectivity index (χ0) is 32.1. The molecule has 0 amide bonds. The molecule has 14 nitrogen and oxygen atoms in total. The first-order chi connectivity index (χ1) is 21.4. The number of aliphatic hydroxyl groups is 5. The molecular weight excluding hydrogens is 596 g/mol. The first kappa shape index (κ1) is 29.8. The Bertz CT molecular complexity index is 2050. The second kappa shape index (κ2) is 10.6. The molecule has 0 unspecified atom stereocenters. The van der Waals surface area contributed by atoms with E-state index in [1.54, 1.807) is 19.1 Å². The molecule has 2 aliphatic rings. The Labute approximate surface area is 252 Å². The van der Waals surface area contributed by atoms with Crippen molar-refractivity contribution in [3.8, 4) is 11.5 Å². The number of phenolic OH excluding ortho intramolecular Hbond substituents is 1. The van der Waals surface area contributed by atoms with E-state index in [0.29, 0.717) is 5.56 Å². The summed E-state index contributed by atoms with van der Waals surface area (Å²) in [5.74, 6) is -0.468. The number of benzene rings is 3. The molecule has 4 heterocycles. The van der Waals surface area contributed by atoms with E-state index < -0.39 is 78.4 Å². The summed E-state index contributed by atoms with van der Waals surface area (Å²) in [5.41, 5.74) is -0.962. The third-order valence-electron chi connectivity index (χ3n) is 8.78. The van der Waals surface area contributed by atoms with Gasteiger partial charge in [0.05, 0.1) is 23.0 Å². The third kappa shape index (κ3) is 4.40. The summed E-state index contributed by atoms with van der Waals surface area (Å²) in [6.45, 7) is 4.63. The van der Waals surface area contributed by atoms with Gasteiger partial charge < -0.3 is 58.4 Å². The summed E-state index contributed by atoms with van der Waals surface area (Å²) in [6.07, 6.45) is -14.4. The molecule has 0 spiro atoms. The van der Waals surface area contributed by atoms with E-state index in [1.807, 2.05) is 0 Å². The van der Waals surface area contributed by atoms with E-state index >= 15 is 0 Å². The molecule has 0 radical (unpaired) electrons. The normalized spacial score (nSPS) is 32.6. The van der Waals surface area contributed by atoms with Crippen molar-refractivity contribution in [3.05, 3.63) is 56.7 Å². The fraction of sp³-hybridized carbons (Fsp3) is 0.419. The van der Waals surface area contributed by atoms with Crippen LogP contribution in [0.4, 0.5) is 0 Å². The van der Waals surface area contributed by atoms with Crippen molar-refractivity contribution in [2.45, 2.75) is 82.2 Å². The van der Waals surface area contributed by atoms with Gasteiger partial charge in [0.15, 0.2) is 18.0 Å². The Morgan fingerprint density at radius 2 is 1.36 bits per heavy atom. The molecule has 0 saturated carbocycles. The average molecular weight is 627 g/mol. The minimum Gasteiger partial charge on any atom is -0.506 e. The van der Waals surface area contributed by atoms with E-state index in [9.17, 15) is 40.2 Å². The number of aryl methyl sites for hydroxylation is 1. The molecule has 10 atom stereocenters. The van der Waals surface area contributed by atoms with Crippen molar-refractivity contribution in [2.75, 3.05) is 0 Å². The minimum atomic E-state index is -1.73. The van der Waals surface area contributed by atoms with E-state index in [1.165, 1.54) is 32.0 Å². The number of aliphatic hydroxyl groups excluding tert-OH is 5. The maximum Gasteiger partial charge on any atom is 0.348 e. The van der Waals surface area contributed by atoms with Crippen LogP contribution in [0.25, 0.3) is 43.5 Å². The molecule has 7 rings (SSSR count). The molecule has 2 aromatic heterocycles. The van der Waals surface area contributed by atoms with Crippen molar-refractivity contribution in [3.63, 3.8) is 0 Å². The largest absolute Gasteiger partial charge is 0.506 e. The Balaban J connectivity index is 1.39. The van der Waals surface area contributed by atoms with Crippen LogP contribution in [0.3, 0.4) is 0 Å². The number of hydrogen-bond donors (Lipinski definition) is 6. The standard InChI is InChI=1S/C31H30O14/c1-9-7-8-14-17-15(9)28(38)44-26-16-12(22(34)19(18(17)26)29(39)42-14)5-4-6-13(16)43-31-27(24(36)21(33)11(3)41-31)45-30-25(37)23(35)20(32)10(2)40-30/h4-8,10-11,20-21,23-25,27,30-37H,1-3H3/t10-,11-,20-,21-,23-,24-,25+,27+,30+,31+/m1/s1. The molecule has 2 saturated heterocycles. The average Bonchev–Trinajstić information content (AvgIpc) is 3.01. The number of hydrogen-bond acceptors (Lipinski definition) is 14. The summed E-state index contributed by atoms with van der Waals surface area (Å²) in [6, 6.07) is 7.62. The molecule has 5 aromatic rings. The Kier molecular flexibility index (Phi) is 7.03. The molecule has 238 valence electrons. The topological polar surface area (TPSA) is 219 Å². The summed E-state index contributed by atoms with van der Waals surface area (Å²) >= 11 is 0. The summed E-state index contributed by atoms with van der Waals surface area (Å²) in [4.78, 5) is 26.4. The molecule has 2 fully saturated rings. The van der Waals surface area contributed by atoms with Crippen LogP contribution in [0, 0.1) is 6.92 Å². The van der Waals surface area contributed by atoms with Crippen LogP contribution in [0.2, 0.25) is 0 Å². The molecular formula is C31H30O14. The van der Waals surface area contributed by atoms with Crippen LogP contribution >= 0.6 is 0 Å². The summed E-state index contributed by atoms with van der Waals surface area (Å²) in [7, 11) is 0. The van der Waals surface area contributed by atoms with Crippen molar-refractivity contribution in [1.29, 1.82) is 0 Å². The van der Waals surface area contributed by atoms with Crippen LogP contribution in [-0.2, 0) is 14.2 Å². The fourth-order valence-corrected chi connectivity index (χ4v) is 6.32. The Morgan fingerprint density at radius 3 is 2.09 bits per heavy atom. The van der Waals surface area contributed by atoms with E-state index in [-0.39, 0.29) is 49.2 Å². The van der Waals surface area contributed by atoms with Gasteiger partial charge in [-0.05, 0) is 38.5 Å². The van der Waals surface area contributed by atoms with Crippen molar-refractivity contribution < 1.29 is 58.4 Å². The van der Waals surface area contributed by atoms with Gasteiger partial charge in [0, 0.05) is 16.2 Å². The van der Waals surface area contributed by atoms with Crippen molar-refractivity contribution in [1.82, 2.24) is 0 Å². The molecule has 3 aromatic carbocycles. The van der Waals surface area contributed by atoms with Crippen molar-refractivity contribution in [2.24, 2.45) is 0 Å². The fourth-order valence-electron chi connectivity index (χ4n) is 6.32. The smallest absolute Gasteiger partial charge is 0.348 e. The van der Waals surface area contributed by atoms with Crippen LogP contribution in [0.5, 0.6) is 11.5 Å². The maximum atomic E-state index is 13.3. The first-order valence-corrected chi connectivity index (χ1v) is 14.3. The van der Waals surface area contributed by atoms with E-state index in [2.05, 4.69) is 0 Å². The zero-order valence-electron chi connectivity index (χ0n) is 24.1.